The summed E-state index contributed by atoms with van der Waals surface area (Å²) in [5.74, 6) is 2.02. The molecule has 11 heteroatoms. The Hall–Kier alpha value is -4.35. The van der Waals surface area contributed by atoms with E-state index in [2.05, 4.69) is 39.1 Å². The van der Waals surface area contributed by atoms with Gasteiger partial charge in [0, 0.05) is 36.1 Å². The lowest BCUT2D eigenvalue weighted by Gasteiger charge is -2.25. The Morgan fingerprint density at radius 1 is 0.950 bits per heavy atom. The lowest BCUT2D eigenvalue weighted by atomic mass is 10.1. The molecule has 0 amide bonds. The van der Waals surface area contributed by atoms with Gasteiger partial charge in [-0.2, -0.15) is 4.98 Å². The number of hydrogen-bond donors (Lipinski definition) is 3. The lowest BCUT2D eigenvalue weighted by molar-refractivity contribution is 0.272. The molecular weight excluding hydrogens is 530 g/mol. The number of benzene rings is 3. The lowest BCUT2D eigenvalue weighted by Crippen LogP contribution is -2.20. The van der Waals surface area contributed by atoms with Crippen molar-refractivity contribution in [2.45, 2.75) is 24.7 Å². The molecular formula is C29H33N5O5S. The largest absolute Gasteiger partial charge is 0.493 e. The van der Waals surface area contributed by atoms with Gasteiger partial charge < -0.3 is 35.1 Å². The van der Waals surface area contributed by atoms with Crippen LogP contribution in [0.3, 0.4) is 0 Å². The van der Waals surface area contributed by atoms with Gasteiger partial charge in [0.1, 0.15) is 5.82 Å². The maximum Gasteiger partial charge on any atom is 0.221 e. The van der Waals surface area contributed by atoms with Crippen LogP contribution in [0.4, 0.5) is 23.1 Å². The second kappa shape index (κ2) is 13.1. The van der Waals surface area contributed by atoms with E-state index in [1.165, 1.54) is 0 Å². The van der Waals surface area contributed by atoms with Gasteiger partial charge in [-0.15, -0.1) is 0 Å². The molecule has 210 valence electrons. The third kappa shape index (κ3) is 6.99. The number of nitrogens with zero attached hydrogens (tertiary/aromatic N) is 3. The minimum atomic E-state index is -2.03. The van der Waals surface area contributed by atoms with E-state index in [1.807, 2.05) is 31.2 Å². The van der Waals surface area contributed by atoms with Gasteiger partial charge in [0.05, 0.1) is 25.7 Å². The maximum absolute atomic E-state index is 11.4. The van der Waals surface area contributed by atoms with E-state index in [9.17, 15) is 8.76 Å². The standard InChI is InChI=1S/C29H33N5O5S/c1-19-5-7-22(8-6-19)34(23-9-11-24(12-10-23)40(35)36)13-4-14-39-27-25(37-2)16-20(17-26(27)38-3)15-21-18-32-29(31)33-28(21)30/h5-12,16-18H,4,13-15H2,1-3H3,(H,35,36)(H4,30,31,32,33). The molecule has 1 unspecified atom stereocenters. The number of aryl methyl sites for hydroxylation is 1. The maximum atomic E-state index is 11.4. The fraction of sp³-hybridized carbons (Fsp3) is 0.241. The van der Waals surface area contributed by atoms with Crippen LogP contribution in [0.1, 0.15) is 23.1 Å². The summed E-state index contributed by atoms with van der Waals surface area (Å²) in [6, 6.07) is 19.0. The third-order valence-electron chi connectivity index (χ3n) is 6.30. The van der Waals surface area contributed by atoms with Crippen LogP contribution < -0.4 is 30.6 Å². The molecule has 3 aromatic carbocycles. The molecule has 0 spiro atoms. The molecule has 0 bridgehead atoms. The van der Waals surface area contributed by atoms with E-state index in [1.54, 1.807) is 32.5 Å². The van der Waals surface area contributed by atoms with Gasteiger partial charge in [-0.05, 0) is 67.4 Å². The summed E-state index contributed by atoms with van der Waals surface area (Å²) >= 11 is -2.03. The first-order chi connectivity index (χ1) is 19.3. The molecule has 0 saturated carbocycles. The van der Waals surface area contributed by atoms with Gasteiger partial charge in [-0.25, -0.2) is 9.19 Å². The van der Waals surface area contributed by atoms with Crippen LogP contribution in [0.15, 0.2) is 71.8 Å². The molecule has 0 aliphatic carbocycles. The van der Waals surface area contributed by atoms with Crippen molar-refractivity contribution in [3.05, 3.63) is 83.6 Å². The van der Waals surface area contributed by atoms with E-state index < -0.39 is 11.1 Å². The number of aromatic nitrogens is 2. The first-order valence-corrected chi connectivity index (χ1v) is 13.7. The number of anilines is 4. The summed E-state index contributed by atoms with van der Waals surface area (Å²) in [4.78, 5) is 10.6. The van der Waals surface area contributed by atoms with Crippen LogP contribution in [0.25, 0.3) is 0 Å². The van der Waals surface area contributed by atoms with Gasteiger partial charge in [-0.3, -0.25) is 0 Å². The van der Waals surface area contributed by atoms with Crippen molar-refractivity contribution < 1.29 is 23.0 Å². The van der Waals surface area contributed by atoms with Crippen molar-refractivity contribution in [2.75, 3.05) is 43.7 Å². The number of hydrogen-bond acceptors (Lipinski definition) is 9. The van der Waals surface area contributed by atoms with E-state index in [-0.39, 0.29) is 5.95 Å². The average molecular weight is 564 g/mol. The molecule has 1 atom stereocenters. The molecule has 0 saturated heterocycles. The number of nitrogens with two attached hydrogens (primary N) is 2. The molecule has 1 aromatic heterocycles. The third-order valence-corrected chi connectivity index (χ3v) is 6.98. The highest BCUT2D eigenvalue weighted by Gasteiger charge is 2.17. The van der Waals surface area contributed by atoms with Gasteiger partial charge in [0.15, 0.2) is 22.6 Å². The quantitative estimate of drug-likeness (QED) is 0.163. The molecule has 1 heterocycles. The highest BCUT2D eigenvalue weighted by molar-refractivity contribution is 7.79. The first-order valence-electron chi connectivity index (χ1n) is 12.6. The van der Waals surface area contributed by atoms with Gasteiger partial charge >= 0.3 is 0 Å². The number of rotatable bonds is 12. The van der Waals surface area contributed by atoms with E-state index >= 15 is 0 Å². The van der Waals surface area contributed by atoms with E-state index in [0.717, 1.165) is 28.1 Å². The zero-order chi connectivity index (χ0) is 28.6. The van der Waals surface area contributed by atoms with Crippen LogP contribution in [0, 0.1) is 6.92 Å². The summed E-state index contributed by atoms with van der Waals surface area (Å²) in [6.45, 7) is 3.08. The smallest absolute Gasteiger partial charge is 0.221 e. The molecule has 0 aliphatic heterocycles. The fourth-order valence-corrected chi connectivity index (χ4v) is 4.61. The summed E-state index contributed by atoms with van der Waals surface area (Å²) in [5.41, 5.74) is 16.3. The van der Waals surface area contributed by atoms with Crippen molar-refractivity contribution in [1.82, 2.24) is 9.97 Å². The Balaban J connectivity index is 1.49. The predicted molar refractivity (Wildman–Crippen MR) is 157 cm³/mol. The van der Waals surface area contributed by atoms with Crippen LogP contribution in [-0.2, 0) is 17.5 Å². The molecule has 0 radical (unpaired) electrons. The Bertz CT molecular complexity index is 1440. The summed E-state index contributed by atoms with van der Waals surface area (Å²) in [5, 5.41) is 0. The normalized spacial score (nSPS) is 11.6. The zero-order valence-electron chi connectivity index (χ0n) is 22.7. The minimum Gasteiger partial charge on any atom is -0.493 e. The zero-order valence-corrected chi connectivity index (χ0v) is 23.5. The van der Waals surface area contributed by atoms with Crippen LogP contribution in [-0.4, -0.2) is 46.1 Å². The predicted octanol–water partition coefficient (Wildman–Crippen LogP) is 4.75. The Morgan fingerprint density at radius 3 is 2.10 bits per heavy atom. The van der Waals surface area contributed by atoms with Crippen LogP contribution >= 0.6 is 0 Å². The van der Waals surface area contributed by atoms with Gasteiger partial charge in [0.25, 0.3) is 0 Å². The SMILES string of the molecule is COc1cc(Cc2cnc(N)nc2N)cc(OC)c1OCCCN(c1ccc(C)cc1)c1ccc(S(=O)O)cc1. The monoisotopic (exact) mass is 563 g/mol. The molecule has 10 nitrogen and oxygen atoms in total. The topological polar surface area (TPSA) is 146 Å². The van der Waals surface area contributed by atoms with Crippen molar-refractivity contribution in [1.29, 1.82) is 0 Å². The second-order valence-electron chi connectivity index (χ2n) is 9.08. The van der Waals surface area contributed by atoms with Crippen molar-refractivity contribution in [2.24, 2.45) is 0 Å². The molecule has 40 heavy (non-hydrogen) atoms. The molecule has 0 aliphatic rings. The van der Waals surface area contributed by atoms with Gasteiger partial charge in [-0.1, -0.05) is 17.7 Å². The Labute approximate surface area is 236 Å². The molecule has 4 aromatic rings. The van der Waals surface area contributed by atoms with Crippen molar-refractivity contribution in [3.63, 3.8) is 0 Å². The fourth-order valence-electron chi connectivity index (χ4n) is 4.24. The summed E-state index contributed by atoms with van der Waals surface area (Å²) < 4.78 is 38.2. The number of nitrogen functional groups attached to an aromatic ring is 2. The Morgan fingerprint density at radius 2 is 1.55 bits per heavy atom. The van der Waals surface area contributed by atoms with E-state index in [4.69, 9.17) is 25.7 Å². The molecule has 4 rings (SSSR count). The van der Waals surface area contributed by atoms with Crippen molar-refractivity contribution in [3.8, 4) is 17.2 Å². The number of ether oxygens (including phenoxy) is 3. The first kappa shape index (κ1) is 28.7. The average Bonchev–Trinajstić information content (AvgIpc) is 2.95. The Kier molecular flexibility index (Phi) is 9.41. The van der Waals surface area contributed by atoms with Crippen molar-refractivity contribution >= 4 is 34.2 Å². The van der Waals surface area contributed by atoms with Gasteiger partial charge in [0.2, 0.25) is 11.7 Å². The molecule has 5 N–H and O–H groups in total. The molecule has 0 fully saturated rings. The summed E-state index contributed by atoms with van der Waals surface area (Å²) in [6.07, 6.45) is 2.75. The van der Waals surface area contributed by atoms with E-state index in [0.29, 0.717) is 54.0 Å². The van der Waals surface area contributed by atoms with Crippen LogP contribution in [0.2, 0.25) is 0 Å². The highest BCUT2D eigenvalue weighted by Crippen LogP contribution is 2.39. The minimum absolute atomic E-state index is 0.125. The second-order valence-corrected chi connectivity index (χ2v) is 10.0. The number of methoxy groups -OCH3 is 2. The van der Waals surface area contributed by atoms with Crippen LogP contribution in [0.5, 0.6) is 17.2 Å². The summed E-state index contributed by atoms with van der Waals surface area (Å²) in [7, 11) is 3.16. The highest BCUT2D eigenvalue weighted by atomic mass is 32.2.